The Morgan fingerprint density at radius 3 is 2.59 bits per heavy atom. The molecule has 17 heavy (non-hydrogen) atoms. The Kier molecular flexibility index (Phi) is 6.31. The number of hydrogen-bond donors (Lipinski definition) is 0. The van der Waals surface area contributed by atoms with Crippen molar-refractivity contribution in [1.82, 2.24) is 0 Å². The summed E-state index contributed by atoms with van der Waals surface area (Å²) in [6.45, 7) is 7.17. The maximum atomic E-state index is 5.91. The van der Waals surface area contributed by atoms with E-state index in [4.69, 9.17) is 21.1 Å². The zero-order valence-electron chi connectivity index (χ0n) is 10.4. The molecular formula is C13H18BrClO2. The van der Waals surface area contributed by atoms with Crippen molar-refractivity contribution in [2.75, 3.05) is 13.2 Å². The molecule has 0 aliphatic carbocycles. The van der Waals surface area contributed by atoms with Gasteiger partial charge in [-0.1, -0.05) is 15.9 Å². The van der Waals surface area contributed by atoms with Crippen LogP contribution in [0.2, 0.25) is 0 Å². The molecule has 0 unspecified atom stereocenters. The Morgan fingerprint density at radius 1 is 1.29 bits per heavy atom. The van der Waals surface area contributed by atoms with E-state index in [-0.39, 0.29) is 6.10 Å². The van der Waals surface area contributed by atoms with E-state index < -0.39 is 0 Å². The molecule has 0 bridgehead atoms. The summed E-state index contributed by atoms with van der Waals surface area (Å²) in [6.07, 6.45) is 0.233. The maximum absolute atomic E-state index is 5.91. The van der Waals surface area contributed by atoms with Crippen LogP contribution in [-0.4, -0.2) is 19.3 Å². The lowest BCUT2D eigenvalue weighted by atomic mass is 10.1. The maximum Gasteiger partial charge on any atom is 0.126 e. The summed E-state index contributed by atoms with van der Waals surface area (Å²) in [4.78, 5) is 0. The van der Waals surface area contributed by atoms with Crippen molar-refractivity contribution < 1.29 is 9.47 Å². The first-order chi connectivity index (χ1) is 8.04. The molecule has 0 aromatic heterocycles. The molecule has 0 fully saturated rings. The third-order valence-electron chi connectivity index (χ3n) is 2.24. The van der Waals surface area contributed by atoms with E-state index in [9.17, 15) is 0 Å². The molecule has 0 spiro atoms. The van der Waals surface area contributed by atoms with E-state index in [0.29, 0.717) is 19.1 Å². The van der Waals surface area contributed by atoms with Crippen LogP contribution in [0.25, 0.3) is 0 Å². The summed E-state index contributed by atoms with van der Waals surface area (Å²) >= 11 is 9.36. The molecule has 0 radical (unpaired) electrons. The Morgan fingerprint density at radius 2 is 2.00 bits per heavy atom. The smallest absolute Gasteiger partial charge is 0.126 e. The SMILES string of the molecule is Cc1cc(Br)cc(CCl)c1OCCOC(C)C. The van der Waals surface area contributed by atoms with Crippen molar-refractivity contribution in [3.63, 3.8) is 0 Å². The average Bonchev–Trinajstić information content (AvgIpc) is 2.25. The zero-order valence-corrected chi connectivity index (χ0v) is 12.8. The molecule has 0 N–H and O–H groups in total. The third-order valence-corrected chi connectivity index (χ3v) is 2.99. The van der Waals surface area contributed by atoms with Crippen molar-refractivity contribution in [3.05, 3.63) is 27.7 Å². The van der Waals surface area contributed by atoms with Gasteiger partial charge in [-0.15, -0.1) is 11.6 Å². The van der Waals surface area contributed by atoms with Crippen molar-refractivity contribution in [2.24, 2.45) is 0 Å². The van der Waals surface area contributed by atoms with Crippen LogP contribution in [0, 0.1) is 6.92 Å². The van der Waals surface area contributed by atoms with Gasteiger partial charge in [-0.2, -0.15) is 0 Å². The van der Waals surface area contributed by atoms with Crippen molar-refractivity contribution in [3.8, 4) is 5.75 Å². The highest BCUT2D eigenvalue weighted by atomic mass is 79.9. The fraction of sp³-hybridized carbons (Fsp3) is 0.538. The first-order valence-electron chi connectivity index (χ1n) is 5.64. The largest absolute Gasteiger partial charge is 0.491 e. The first kappa shape index (κ1) is 14.8. The number of ether oxygens (including phenoxy) is 2. The highest BCUT2D eigenvalue weighted by molar-refractivity contribution is 9.10. The summed E-state index contributed by atoms with van der Waals surface area (Å²) in [5.74, 6) is 1.32. The highest BCUT2D eigenvalue weighted by Crippen LogP contribution is 2.29. The Bertz CT molecular complexity index is 367. The van der Waals surface area contributed by atoms with Gasteiger partial charge in [-0.3, -0.25) is 0 Å². The summed E-state index contributed by atoms with van der Waals surface area (Å²) in [5.41, 5.74) is 2.09. The predicted octanol–water partition coefficient (Wildman–Crippen LogP) is 4.30. The topological polar surface area (TPSA) is 18.5 Å². The molecule has 1 aromatic carbocycles. The number of aryl methyl sites for hydroxylation is 1. The van der Waals surface area contributed by atoms with Gasteiger partial charge >= 0.3 is 0 Å². The van der Waals surface area contributed by atoms with Crippen molar-refractivity contribution >= 4 is 27.5 Å². The van der Waals surface area contributed by atoms with Gasteiger partial charge in [-0.05, 0) is 38.5 Å². The molecule has 0 heterocycles. The lowest BCUT2D eigenvalue weighted by Crippen LogP contribution is -2.12. The van der Waals surface area contributed by atoms with E-state index in [0.717, 1.165) is 21.3 Å². The van der Waals surface area contributed by atoms with E-state index in [2.05, 4.69) is 15.9 Å². The third kappa shape index (κ3) is 4.86. The van der Waals surface area contributed by atoms with E-state index >= 15 is 0 Å². The number of halogens is 2. The van der Waals surface area contributed by atoms with Gasteiger partial charge < -0.3 is 9.47 Å². The van der Waals surface area contributed by atoms with Gasteiger partial charge in [0.1, 0.15) is 12.4 Å². The number of rotatable bonds is 6. The molecule has 1 rings (SSSR count). The summed E-state index contributed by atoms with van der Waals surface area (Å²) in [7, 11) is 0. The minimum Gasteiger partial charge on any atom is -0.491 e. The lowest BCUT2D eigenvalue weighted by molar-refractivity contribution is 0.0549. The zero-order chi connectivity index (χ0) is 12.8. The minimum absolute atomic E-state index is 0.233. The lowest BCUT2D eigenvalue weighted by Gasteiger charge is -2.14. The molecular weight excluding hydrogens is 303 g/mol. The molecule has 0 saturated heterocycles. The molecule has 1 aromatic rings. The normalized spacial score (nSPS) is 10.9. The number of benzene rings is 1. The second kappa shape index (κ2) is 7.24. The fourth-order valence-corrected chi connectivity index (χ4v) is 2.35. The Hall–Kier alpha value is -0.250. The van der Waals surface area contributed by atoms with Gasteiger partial charge in [0, 0.05) is 10.0 Å². The van der Waals surface area contributed by atoms with Crippen LogP contribution in [-0.2, 0) is 10.6 Å². The van der Waals surface area contributed by atoms with Crippen LogP contribution in [0.5, 0.6) is 5.75 Å². The quantitative estimate of drug-likeness (QED) is 0.574. The van der Waals surface area contributed by atoms with Crippen molar-refractivity contribution in [1.29, 1.82) is 0 Å². The average molecular weight is 322 g/mol. The van der Waals surface area contributed by atoms with E-state index in [1.54, 1.807) is 0 Å². The monoisotopic (exact) mass is 320 g/mol. The van der Waals surface area contributed by atoms with Crippen LogP contribution >= 0.6 is 27.5 Å². The van der Waals surface area contributed by atoms with Crippen LogP contribution in [0.3, 0.4) is 0 Å². The van der Waals surface area contributed by atoms with Crippen LogP contribution < -0.4 is 4.74 Å². The standard InChI is InChI=1S/C13H18BrClO2/c1-9(2)16-4-5-17-13-10(3)6-12(14)7-11(13)8-15/h6-7,9H,4-5,8H2,1-3H3. The van der Waals surface area contributed by atoms with Gasteiger partial charge in [0.05, 0.1) is 18.6 Å². The van der Waals surface area contributed by atoms with Gasteiger partial charge in [-0.25, -0.2) is 0 Å². The summed E-state index contributed by atoms with van der Waals surface area (Å²) in [6, 6.07) is 4.01. The molecule has 0 amide bonds. The highest BCUT2D eigenvalue weighted by Gasteiger charge is 2.08. The number of alkyl halides is 1. The second-order valence-corrected chi connectivity index (χ2v) is 5.30. The molecule has 0 aliphatic rings. The Balaban J connectivity index is 2.63. The molecule has 4 heteroatoms. The van der Waals surface area contributed by atoms with Gasteiger partial charge in [0.25, 0.3) is 0 Å². The van der Waals surface area contributed by atoms with E-state index in [1.165, 1.54) is 0 Å². The number of hydrogen-bond acceptors (Lipinski definition) is 2. The molecule has 0 atom stereocenters. The molecule has 2 nitrogen and oxygen atoms in total. The Labute approximate surface area is 116 Å². The fourth-order valence-electron chi connectivity index (χ4n) is 1.53. The summed E-state index contributed by atoms with van der Waals surface area (Å²) < 4.78 is 12.2. The van der Waals surface area contributed by atoms with Crippen LogP contribution in [0.15, 0.2) is 16.6 Å². The van der Waals surface area contributed by atoms with Gasteiger partial charge in [0.15, 0.2) is 0 Å². The molecule has 0 aliphatic heterocycles. The second-order valence-electron chi connectivity index (χ2n) is 4.11. The van der Waals surface area contributed by atoms with Crippen LogP contribution in [0.1, 0.15) is 25.0 Å². The minimum atomic E-state index is 0.233. The van der Waals surface area contributed by atoms with Crippen molar-refractivity contribution in [2.45, 2.75) is 32.8 Å². The van der Waals surface area contributed by atoms with E-state index in [1.807, 2.05) is 32.9 Å². The molecule has 0 saturated carbocycles. The molecule has 96 valence electrons. The predicted molar refractivity (Wildman–Crippen MR) is 75.0 cm³/mol. The summed E-state index contributed by atoms with van der Waals surface area (Å²) in [5, 5.41) is 0. The van der Waals surface area contributed by atoms with Gasteiger partial charge in [0.2, 0.25) is 0 Å². The van der Waals surface area contributed by atoms with Crippen LogP contribution in [0.4, 0.5) is 0 Å². The first-order valence-corrected chi connectivity index (χ1v) is 6.96.